The molecule has 0 radical (unpaired) electrons. The van der Waals surface area contributed by atoms with E-state index in [1.807, 2.05) is 35.3 Å². The van der Waals surface area contributed by atoms with Crippen molar-refractivity contribution in [2.45, 2.75) is 290 Å². The second-order valence-electron chi connectivity index (χ2n) is 18.6. The van der Waals surface area contributed by atoms with Crippen LogP contribution in [0, 0.1) is 0 Å². The van der Waals surface area contributed by atoms with Gasteiger partial charge in [-0.15, -0.1) is 0 Å². The molecule has 0 bridgehead atoms. The summed E-state index contributed by atoms with van der Waals surface area (Å²) in [5.74, 6) is 5.99. The number of phosphoric acid groups is 1. The van der Waals surface area contributed by atoms with Crippen LogP contribution >= 0.6 is 43.1 Å². The molecule has 0 rings (SSSR count). The molecule has 0 aromatic heterocycles. The van der Waals surface area contributed by atoms with Gasteiger partial charge in [-0.25, -0.2) is 4.57 Å². The Bertz CT molecular complexity index is 748. The summed E-state index contributed by atoms with van der Waals surface area (Å²) in [5.41, 5.74) is 0. The highest BCUT2D eigenvalue weighted by Gasteiger charge is 2.26. The smallest absolute Gasteiger partial charge is 0.286 e. The molecule has 4 nitrogen and oxygen atoms in total. The van der Waals surface area contributed by atoms with E-state index in [1.165, 1.54) is 270 Å². The van der Waals surface area contributed by atoms with Crippen LogP contribution in [0.2, 0.25) is 0 Å². The van der Waals surface area contributed by atoms with Gasteiger partial charge in [-0.3, -0.25) is 13.6 Å². The average Bonchev–Trinajstić information content (AvgIpc) is 3.28. The number of hydrogen-bond acceptors (Lipinski definition) is 7. The first kappa shape index (κ1) is 63.2. The van der Waals surface area contributed by atoms with E-state index in [0.717, 1.165) is 34.5 Å². The summed E-state index contributed by atoms with van der Waals surface area (Å²) in [6.45, 7) is 8.18. The number of phosphoric ester groups is 1. The van der Waals surface area contributed by atoms with Crippen molar-refractivity contribution in [1.29, 1.82) is 0 Å². The van der Waals surface area contributed by atoms with E-state index >= 15 is 0 Å². The summed E-state index contributed by atoms with van der Waals surface area (Å²) >= 11 is 5.75. The highest BCUT2D eigenvalue weighted by Crippen LogP contribution is 2.49. The Morgan fingerprint density at radius 1 is 0.242 bits per heavy atom. The van der Waals surface area contributed by atoms with Crippen molar-refractivity contribution in [2.24, 2.45) is 0 Å². The topological polar surface area (TPSA) is 44.8 Å². The highest BCUT2D eigenvalue weighted by atomic mass is 32.2. The van der Waals surface area contributed by atoms with Gasteiger partial charge in [-0.2, -0.15) is 35.3 Å². The van der Waals surface area contributed by atoms with Gasteiger partial charge in [0.1, 0.15) is 0 Å². The third-order valence-corrected chi connectivity index (χ3v) is 17.0. The molecule has 374 valence electrons. The van der Waals surface area contributed by atoms with Gasteiger partial charge < -0.3 is 0 Å². The summed E-state index contributed by atoms with van der Waals surface area (Å²) in [4.78, 5) is 0. The normalized spacial score (nSPS) is 12.0. The molecule has 0 fully saturated rings. The Hall–Kier alpha value is 1.16. The van der Waals surface area contributed by atoms with Gasteiger partial charge in [-0.05, 0) is 36.5 Å². The molecule has 62 heavy (non-hydrogen) atoms. The van der Waals surface area contributed by atoms with Crippen LogP contribution in [0.25, 0.3) is 0 Å². The monoisotopic (exact) mass is 951 g/mol. The molecule has 0 aromatic rings. The number of rotatable bonds is 57. The van der Waals surface area contributed by atoms with Gasteiger partial charge in [-0.1, -0.05) is 271 Å². The third kappa shape index (κ3) is 53.8. The summed E-state index contributed by atoms with van der Waals surface area (Å²) in [7, 11) is -3.53. The molecule has 0 aromatic carbocycles. The summed E-state index contributed by atoms with van der Waals surface area (Å²) < 4.78 is 31.3. The van der Waals surface area contributed by atoms with Crippen LogP contribution in [0.4, 0.5) is 0 Å². The zero-order valence-electron chi connectivity index (χ0n) is 42.4. The Morgan fingerprint density at radius 3 is 0.581 bits per heavy atom. The zero-order chi connectivity index (χ0) is 44.8. The maximum atomic E-state index is 13.6. The van der Waals surface area contributed by atoms with Gasteiger partial charge in [0.2, 0.25) is 0 Å². The first-order valence-corrected chi connectivity index (χ1v) is 32.9. The first-order chi connectivity index (χ1) is 30.7. The minimum absolute atomic E-state index is 0.429. The molecule has 0 saturated heterocycles. The molecule has 0 aliphatic heterocycles. The standard InChI is InChI=1S/C54H111O4PS3/c1-4-7-10-13-16-19-22-25-28-31-34-37-40-43-49-60-52-46-56-59(55,57-47-53-61-50-44-41-38-35-32-29-26-23-20-17-14-11-8-5-2)58-48-54-62-51-45-42-39-36-33-30-27-24-21-18-15-12-9-6-3/h4-54H2,1-3H3. The maximum absolute atomic E-state index is 13.6. The Balaban J connectivity index is 4.08. The predicted molar refractivity (Wildman–Crippen MR) is 288 cm³/mol. The van der Waals surface area contributed by atoms with E-state index in [1.54, 1.807) is 0 Å². The third-order valence-electron chi connectivity index (χ3n) is 12.4. The molecular formula is C54H111O4PS3. The SMILES string of the molecule is CCCCCCCCCCCCCCCCSCCOP(=O)(OCCSCCCCCCCCCCCCCCCC)OCCSCCCCCCCCCCCCCCCC. The van der Waals surface area contributed by atoms with Crippen LogP contribution in [-0.2, 0) is 18.1 Å². The fourth-order valence-corrected chi connectivity index (χ4v) is 12.2. The Labute approximate surface area is 403 Å². The fourth-order valence-electron chi connectivity index (χ4n) is 8.24. The first-order valence-electron chi connectivity index (χ1n) is 27.9. The van der Waals surface area contributed by atoms with Crippen molar-refractivity contribution in [2.75, 3.05) is 54.3 Å². The lowest BCUT2D eigenvalue weighted by atomic mass is 10.0. The second-order valence-corrected chi connectivity index (χ2v) is 23.9. The van der Waals surface area contributed by atoms with Crippen LogP contribution in [-0.4, -0.2) is 54.3 Å². The molecule has 0 unspecified atom stereocenters. The van der Waals surface area contributed by atoms with Crippen molar-refractivity contribution in [3.8, 4) is 0 Å². The molecule has 8 heteroatoms. The minimum Gasteiger partial charge on any atom is -0.286 e. The van der Waals surface area contributed by atoms with Crippen molar-refractivity contribution in [1.82, 2.24) is 0 Å². The Morgan fingerprint density at radius 2 is 0.403 bits per heavy atom. The average molecular weight is 952 g/mol. The summed E-state index contributed by atoms with van der Waals surface area (Å²) in [6, 6.07) is 0. The molecule has 0 N–H and O–H groups in total. The van der Waals surface area contributed by atoms with Gasteiger partial charge in [0, 0.05) is 17.3 Å². The van der Waals surface area contributed by atoms with Gasteiger partial charge in [0.05, 0.1) is 19.8 Å². The quantitative estimate of drug-likeness (QED) is 0.0445. The lowest BCUT2D eigenvalue weighted by Gasteiger charge is -2.18. The van der Waals surface area contributed by atoms with E-state index in [-0.39, 0.29) is 0 Å². The predicted octanol–water partition coefficient (Wildman–Crippen LogP) is 20.8. The molecule has 0 aliphatic carbocycles. The van der Waals surface area contributed by atoms with Crippen LogP contribution in [0.5, 0.6) is 0 Å². The molecule has 0 spiro atoms. The number of thioether (sulfide) groups is 3. The van der Waals surface area contributed by atoms with Gasteiger partial charge in [0.15, 0.2) is 0 Å². The summed E-state index contributed by atoms with van der Waals surface area (Å²) in [6.07, 6.45) is 58.6. The van der Waals surface area contributed by atoms with Crippen molar-refractivity contribution in [3.05, 3.63) is 0 Å². The van der Waals surface area contributed by atoms with Crippen molar-refractivity contribution < 1.29 is 18.1 Å². The molecule has 0 aliphatic rings. The van der Waals surface area contributed by atoms with Crippen molar-refractivity contribution >= 4 is 43.1 Å². The van der Waals surface area contributed by atoms with Gasteiger partial charge in [0.25, 0.3) is 0 Å². The molecule has 0 atom stereocenters. The van der Waals surface area contributed by atoms with E-state index in [9.17, 15) is 4.57 Å². The lowest BCUT2D eigenvalue weighted by Crippen LogP contribution is -2.07. The number of unbranched alkanes of at least 4 members (excludes halogenated alkanes) is 39. The van der Waals surface area contributed by atoms with E-state index in [0.29, 0.717) is 19.8 Å². The minimum atomic E-state index is -3.53. The van der Waals surface area contributed by atoms with E-state index in [4.69, 9.17) is 13.6 Å². The van der Waals surface area contributed by atoms with E-state index < -0.39 is 7.82 Å². The Kier molecular flexibility index (Phi) is 57.5. The van der Waals surface area contributed by atoms with Crippen LogP contribution in [0.1, 0.15) is 290 Å². The maximum Gasteiger partial charge on any atom is 0.474 e. The fraction of sp³-hybridized carbons (Fsp3) is 1.00. The summed E-state index contributed by atoms with van der Waals surface area (Å²) in [5, 5.41) is 0. The van der Waals surface area contributed by atoms with Crippen molar-refractivity contribution in [3.63, 3.8) is 0 Å². The molecule has 0 saturated carbocycles. The van der Waals surface area contributed by atoms with Crippen LogP contribution in [0.15, 0.2) is 0 Å². The largest absolute Gasteiger partial charge is 0.474 e. The highest BCUT2D eigenvalue weighted by molar-refractivity contribution is 7.99. The zero-order valence-corrected chi connectivity index (χ0v) is 45.7. The lowest BCUT2D eigenvalue weighted by molar-refractivity contribution is 0.129. The van der Waals surface area contributed by atoms with Crippen LogP contribution in [0.3, 0.4) is 0 Å². The molecular weight excluding hydrogens is 840 g/mol. The van der Waals surface area contributed by atoms with Crippen LogP contribution < -0.4 is 0 Å². The molecule has 0 amide bonds. The van der Waals surface area contributed by atoms with E-state index in [2.05, 4.69) is 20.8 Å². The number of hydrogen-bond donors (Lipinski definition) is 0. The van der Waals surface area contributed by atoms with Gasteiger partial charge >= 0.3 is 7.82 Å². The second kappa shape index (κ2) is 56.5. The molecule has 0 heterocycles.